The summed E-state index contributed by atoms with van der Waals surface area (Å²) in [4.78, 5) is 0. The molecule has 0 aliphatic carbocycles. The second kappa shape index (κ2) is 7.09. The highest BCUT2D eigenvalue weighted by Gasteiger charge is 2.15. The predicted octanol–water partition coefficient (Wildman–Crippen LogP) is 4.41. The maximum Gasteiger partial charge on any atom is -0.00206 e. The van der Waals surface area contributed by atoms with Crippen LogP contribution >= 0.6 is 0 Å². The molecule has 0 amide bonds. The van der Waals surface area contributed by atoms with Crippen LogP contribution in [0.3, 0.4) is 0 Å². The van der Waals surface area contributed by atoms with Gasteiger partial charge in [0.2, 0.25) is 0 Å². The fourth-order valence-electron chi connectivity index (χ4n) is 2.29. The summed E-state index contributed by atoms with van der Waals surface area (Å²) < 4.78 is 0. The molecule has 2 atom stereocenters. The Bertz CT molecular complexity index is 358. The highest BCUT2D eigenvalue weighted by atomic mass is 14.8. The molecule has 19 heavy (non-hydrogen) atoms. The van der Waals surface area contributed by atoms with E-state index in [1.54, 1.807) is 0 Å². The molecule has 0 aromatic heterocycles. The average Bonchev–Trinajstić information content (AvgIpc) is 2.35. The molecule has 108 valence electrons. The van der Waals surface area contributed by atoms with E-state index in [1.165, 1.54) is 17.5 Å². The van der Waals surface area contributed by atoms with E-state index < -0.39 is 0 Å². The van der Waals surface area contributed by atoms with Crippen molar-refractivity contribution in [2.75, 3.05) is 13.1 Å². The van der Waals surface area contributed by atoms with Crippen LogP contribution in [0.5, 0.6) is 0 Å². The zero-order valence-electron chi connectivity index (χ0n) is 13.6. The highest BCUT2D eigenvalue weighted by Crippen LogP contribution is 2.23. The molecule has 0 radical (unpaired) electrons. The van der Waals surface area contributed by atoms with Crippen molar-refractivity contribution in [2.45, 2.75) is 53.4 Å². The van der Waals surface area contributed by atoms with Gasteiger partial charge in [-0.25, -0.2) is 0 Å². The van der Waals surface area contributed by atoms with Crippen LogP contribution in [0.15, 0.2) is 24.3 Å². The lowest BCUT2D eigenvalue weighted by Gasteiger charge is -2.22. The van der Waals surface area contributed by atoms with Crippen LogP contribution in [0.2, 0.25) is 0 Å². The molecule has 1 aromatic rings. The molecular weight excluding hydrogens is 230 g/mol. The van der Waals surface area contributed by atoms with Gasteiger partial charge in [-0.1, -0.05) is 65.8 Å². The van der Waals surface area contributed by atoms with Crippen molar-refractivity contribution in [3.05, 3.63) is 35.4 Å². The Kier molecular flexibility index (Phi) is 6.06. The molecule has 2 unspecified atom stereocenters. The van der Waals surface area contributed by atoms with E-state index in [0.29, 0.717) is 0 Å². The van der Waals surface area contributed by atoms with E-state index in [-0.39, 0.29) is 5.41 Å². The largest absolute Gasteiger partial charge is 0.317 e. The van der Waals surface area contributed by atoms with Gasteiger partial charge >= 0.3 is 0 Å². The van der Waals surface area contributed by atoms with Crippen LogP contribution in [-0.2, 0) is 11.8 Å². The maximum absolute atomic E-state index is 3.44. The fraction of sp³-hybridized carbons (Fsp3) is 0.667. The van der Waals surface area contributed by atoms with Crippen molar-refractivity contribution in [1.82, 2.24) is 5.32 Å². The molecule has 0 heterocycles. The fourth-order valence-corrected chi connectivity index (χ4v) is 2.29. The van der Waals surface area contributed by atoms with Crippen LogP contribution in [0.1, 0.15) is 52.7 Å². The van der Waals surface area contributed by atoms with Gasteiger partial charge in [-0.3, -0.25) is 0 Å². The van der Waals surface area contributed by atoms with Gasteiger partial charge < -0.3 is 5.32 Å². The molecule has 1 aromatic carbocycles. The minimum atomic E-state index is 0.252. The first-order chi connectivity index (χ1) is 8.84. The van der Waals surface area contributed by atoms with E-state index in [0.717, 1.165) is 24.9 Å². The average molecular weight is 261 g/mol. The molecule has 1 heteroatoms. The number of hydrogen-bond donors (Lipinski definition) is 1. The second-order valence-electron chi connectivity index (χ2n) is 6.91. The van der Waals surface area contributed by atoms with E-state index >= 15 is 0 Å². The first kappa shape index (κ1) is 16.2. The van der Waals surface area contributed by atoms with Crippen LogP contribution in [-0.4, -0.2) is 13.1 Å². The normalized spacial score (nSPS) is 15.3. The molecule has 0 saturated carbocycles. The lowest BCUT2D eigenvalue weighted by molar-refractivity contribution is 0.368. The van der Waals surface area contributed by atoms with Gasteiger partial charge in [0, 0.05) is 0 Å². The predicted molar refractivity (Wildman–Crippen MR) is 85.7 cm³/mol. The molecule has 1 rings (SSSR count). The van der Waals surface area contributed by atoms with E-state index in [4.69, 9.17) is 0 Å². The number of nitrogens with one attached hydrogen (secondary N) is 1. The quantitative estimate of drug-likeness (QED) is 0.800. The summed E-state index contributed by atoms with van der Waals surface area (Å²) in [6.07, 6.45) is 1.18. The monoisotopic (exact) mass is 261 g/mol. The van der Waals surface area contributed by atoms with Crippen LogP contribution < -0.4 is 5.32 Å². The Hall–Kier alpha value is -0.820. The van der Waals surface area contributed by atoms with Gasteiger partial charge in [0.1, 0.15) is 0 Å². The Morgan fingerprint density at radius 2 is 1.58 bits per heavy atom. The van der Waals surface area contributed by atoms with Crippen molar-refractivity contribution in [2.24, 2.45) is 11.8 Å². The van der Waals surface area contributed by atoms with Crippen molar-refractivity contribution in [3.8, 4) is 0 Å². The Morgan fingerprint density at radius 3 is 2.05 bits per heavy atom. The van der Waals surface area contributed by atoms with Gasteiger partial charge in [-0.2, -0.15) is 0 Å². The van der Waals surface area contributed by atoms with Crippen molar-refractivity contribution >= 4 is 0 Å². The smallest absolute Gasteiger partial charge is 0.00206 e. The summed E-state index contributed by atoms with van der Waals surface area (Å²) in [5, 5.41) is 3.44. The minimum Gasteiger partial charge on any atom is -0.317 e. The molecule has 0 spiro atoms. The SMILES string of the molecule is CCNCC(C)C(C)Cc1ccc(C(C)(C)C)cc1. The van der Waals surface area contributed by atoms with E-state index in [2.05, 4.69) is 71.1 Å². The summed E-state index contributed by atoms with van der Waals surface area (Å²) in [6.45, 7) is 15.9. The molecule has 1 nitrogen and oxygen atoms in total. The molecule has 0 fully saturated rings. The van der Waals surface area contributed by atoms with Gasteiger partial charge in [-0.05, 0) is 47.9 Å². The number of rotatable bonds is 6. The Morgan fingerprint density at radius 1 is 1.00 bits per heavy atom. The van der Waals surface area contributed by atoms with E-state index in [1.807, 2.05) is 0 Å². The van der Waals surface area contributed by atoms with Crippen molar-refractivity contribution in [1.29, 1.82) is 0 Å². The van der Waals surface area contributed by atoms with Crippen LogP contribution in [0.4, 0.5) is 0 Å². The third-order valence-corrected chi connectivity index (χ3v) is 4.07. The summed E-state index contributed by atoms with van der Waals surface area (Å²) in [6, 6.07) is 9.18. The van der Waals surface area contributed by atoms with Crippen LogP contribution in [0.25, 0.3) is 0 Å². The van der Waals surface area contributed by atoms with Crippen molar-refractivity contribution in [3.63, 3.8) is 0 Å². The first-order valence-electron chi connectivity index (χ1n) is 7.64. The molecule has 1 N–H and O–H groups in total. The van der Waals surface area contributed by atoms with Gasteiger partial charge in [0.25, 0.3) is 0 Å². The lowest BCUT2D eigenvalue weighted by atomic mass is 9.85. The van der Waals surface area contributed by atoms with Gasteiger partial charge in [0.05, 0.1) is 0 Å². The molecule has 0 bridgehead atoms. The number of hydrogen-bond acceptors (Lipinski definition) is 1. The number of benzene rings is 1. The molecular formula is C18H31N. The molecule has 0 saturated heterocycles. The Balaban J connectivity index is 2.58. The Labute approximate surface area is 119 Å². The molecule has 0 aliphatic rings. The summed E-state index contributed by atoms with van der Waals surface area (Å²) in [7, 11) is 0. The topological polar surface area (TPSA) is 12.0 Å². The zero-order valence-corrected chi connectivity index (χ0v) is 13.6. The van der Waals surface area contributed by atoms with E-state index in [9.17, 15) is 0 Å². The highest BCUT2D eigenvalue weighted by molar-refractivity contribution is 5.27. The maximum atomic E-state index is 3.44. The summed E-state index contributed by atoms with van der Waals surface area (Å²) in [5.41, 5.74) is 3.14. The van der Waals surface area contributed by atoms with Crippen molar-refractivity contribution < 1.29 is 0 Å². The van der Waals surface area contributed by atoms with Gasteiger partial charge in [-0.15, -0.1) is 0 Å². The first-order valence-corrected chi connectivity index (χ1v) is 7.64. The molecule has 0 aliphatic heterocycles. The summed E-state index contributed by atoms with van der Waals surface area (Å²) in [5.74, 6) is 1.45. The zero-order chi connectivity index (χ0) is 14.5. The standard InChI is InChI=1S/C18H31N/c1-7-19-13-15(3)14(2)12-16-8-10-17(11-9-16)18(4,5)6/h8-11,14-15,19H,7,12-13H2,1-6H3. The lowest BCUT2D eigenvalue weighted by Crippen LogP contribution is -2.25. The second-order valence-corrected chi connectivity index (χ2v) is 6.91. The van der Waals surface area contributed by atoms with Gasteiger partial charge in [0.15, 0.2) is 0 Å². The summed E-state index contributed by atoms with van der Waals surface area (Å²) >= 11 is 0. The third kappa shape index (κ3) is 5.36. The third-order valence-electron chi connectivity index (χ3n) is 4.07. The van der Waals surface area contributed by atoms with Crippen LogP contribution in [0, 0.1) is 11.8 Å². The minimum absolute atomic E-state index is 0.252.